The summed E-state index contributed by atoms with van der Waals surface area (Å²) in [5, 5.41) is 16.1. The summed E-state index contributed by atoms with van der Waals surface area (Å²) in [6.45, 7) is 6.85. The molecular weight excluding hydrogens is 344 g/mol. The van der Waals surface area contributed by atoms with E-state index in [0.717, 1.165) is 6.42 Å². The average molecular weight is 379 g/mol. The number of carboxylic acid groups (broad SMARTS) is 2. The molecule has 4 N–H and O–H groups in total. The van der Waals surface area contributed by atoms with Gasteiger partial charge in [0.15, 0.2) is 0 Å². The summed E-state index contributed by atoms with van der Waals surface area (Å²) in [7, 11) is 0. The molecular formula is C21H34N2O4. The zero-order chi connectivity index (χ0) is 20.2. The minimum Gasteiger partial charge on any atom is -0.481 e. The normalized spacial score (nSPS) is 15.0. The lowest BCUT2D eigenvalue weighted by Gasteiger charge is -2.32. The standard InChI is InChI=1S/C16H26N2.C5H8O4/c1-13(2)12-15(17)14-8-4-5-9-16(14)18-10-6-3-7-11-18;6-4(7)2-1-3-5(8)9/h4-5,8-9,13,15H,3,6-7,10-12,17H2,1-2H3;1-3H2,(H,6,7)(H,8,9). The lowest BCUT2D eigenvalue weighted by Crippen LogP contribution is -2.31. The van der Waals surface area contributed by atoms with Gasteiger partial charge >= 0.3 is 11.9 Å². The minimum absolute atomic E-state index is 0.0632. The van der Waals surface area contributed by atoms with Crippen LogP contribution in [0.1, 0.15) is 70.4 Å². The maximum absolute atomic E-state index is 9.79. The molecule has 1 atom stereocenters. The summed E-state index contributed by atoms with van der Waals surface area (Å²) in [4.78, 5) is 22.1. The van der Waals surface area contributed by atoms with E-state index >= 15 is 0 Å². The van der Waals surface area contributed by atoms with Gasteiger partial charge in [-0.25, -0.2) is 0 Å². The first-order valence-corrected chi connectivity index (χ1v) is 9.84. The third-order valence-corrected chi connectivity index (χ3v) is 4.54. The van der Waals surface area contributed by atoms with Crippen LogP contribution in [-0.4, -0.2) is 35.2 Å². The van der Waals surface area contributed by atoms with Crippen molar-refractivity contribution in [3.05, 3.63) is 29.8 Å². The van der Waals surface area contributed by atoms with Crippen LogP contribution < -0.4 is 10.6 Å². The quantitative estimate of drug-likeness (QED) is 0.630. The fourth-order valence-corrected chi connectivity index (χ4v) is 3.25. The number of piperidine rings is 1. The number of nitrogens with zero attached hydrogens (tertiary/aromatic N) is 1. The van der Waals surface area contributed by atoms with Gasteiger partial charge in [-0.05, 0) is 49.7 Å². The Bertz CT molecular complexity index is 569. The van der Waals surface area contributed by atoms with Crippen molar-refractivity contribution in [3.63, 3.8) is 0 Å². The summed E-state index contributed by atoms with van der Waals surface area (Å²) in [5.41, 5.74) is 9.07. The van der Waals surface area contributed by atoms with Crippen LogP contribution in [0.25, 0.3) is 0 Å². The van der Waals surface area contributed by atoms with Gasteiger partial charge in [-0.1, -0.05) is 32.0 Å². The monoisotopic (exact) mass is 378 g/mol. The molecule has 1 aromatic carbocycles. The van der Waals surface area contributed by atoms with Gasteiger partial charge in [0.2, 0.25) is 0 Å². The number of nitrogens with two attached hydrogens (primary N) is 1. The molecule has 0 spiro atoms. The Balaban J connectivity index is 0.000000345. The lowest BCUT2D eigenvalue weighted by atomic mass is 9.95. The largest absolute Gasteiger partial charge is 0.481 e. The van der Waals surface area contributed by atoms with Gasteiger partial charge in [-0.2, -0.15) is 0 Å². The second-order valence-corrected chi connectivity index (χ2v) is 7.48. The molecule has 1 aliphatic heterocycles. The summed E-state index contributed by atoms with van der Waals surface area (Å²) in [6, 6.07) is 8.86. The van der Waals surface area contributed by atoms with Gasteiger partial charge in [-0.15, -0.1) is 0 Å². The van der Waals surface area contributed by atoms with E-state index in [0.29, 0.717) is 5.92 Å². The Morgan fingerprint density at radius 3 is 2.11 bits per heavy atom. The second-order valence-electron chi connectivity index (χ2n) is 7.48. The number of para-hydroxylation sites is 1. The van der Waals surface area contributed by atoms with Crippen molar-refractivity contribution < 1.29 is 19.8 Å². The van der Waals surface area contributed by atoms with Crippen LogP contribution in [0, 0.1) is 5.92 Å². The van der Waals surface area contributed by atoms with Crippen molar-refractivity contribution in [2.45, 2.75) is 64.8 Å². The fraction of sp³-hybridized carbons (Fsp3) is 0.619. The van der Waals surface area contributed by atoms with Crippen molar-refractivity contribution in [1.29, 1.82) is 0 Å². The predicted octanol–water partition coefficient (Wildman–Crippen LogP) is 4.05. The fourth-order valence-electron chi connectivity index (χ4n) is 3.25. The third kappa shape index (κ3) is 9.43. The van der Waals surface area contributed by atoms with Gasteiger partial charge < -0.3 is 20.8 Å². The zero-order valence-corrected chi connectivity index (χ0v) is 16.6. The van der Waals surface area contributed by atoms with Gasteiger partial charge in [0.25, 0.3) is 0 Å². The zero-order valence-electron chi connectivity index (χ0n) is 16.6. The SMILES string of the molecule is CC(C)CC(N)c1ccccc1N1CCCCC1.O=C(O)CCCC(=O)O. The van der Waals surface area contributed by atoms with E-state index in [4.69, 9.17) is 15.9 Å². The number of anilines is 1. The molecule has 6 nitrogen and oxygen atoms in total. The molecule has 0 aliphatic carbocycles. The molecule has 1 fully saturated rings. The van der Waals surface area contributed by atoms with Crippen LogP contribution in [0.3, 0.4) is 0 Å². The van der Waals surface area contributed by atoms with Crippen LogP contribution in [0.4, 0.5) is 5.69 Å². The lowest BCUT2D eigenvalue weighted by molar-refractivity contribution is -0.138. The summed E-state index contributed by atoms with van der Waals surface area (Å²) >= 11 is 0. The van der Waals surface area contributed by atoms with Crippen molar-refractivity contribution in [2.24, 2.45) is 11.7 Å². The Hall–Kier alpha value is -2.08. The van der Waals surface area contributed by atoms with Crippen LogP contribution in [0.5, 0.6) is 0 Å². The van der Waals surface area contributed by atoms with E-state index in [-0.39, 0.29) is 25.3 Å². The summed E-state index contributed by atoms with van der Waals surface area (Å²) in [5.74, 6) is -1.25. The van der Waals surface area contributed by atoms with Crippen molar-refractivity contribution in [2.75, 3.05) is 18.0 Å². The van der Waals surface area contributed by atoms with Crippen LogP contribution in [0.15, 0.2) is 24.3 Å². The maximum atomic E-state index is 9.79. The van der Waals surface area contributed by atoms with Gasteiger partial charge in [0, 0.05) is 37.7 Å². The van der Waals surface area contributed by atoms with Crippen LogP contribution in [-0.2, 0) is 9.59 Å². The number of carboxylic acids is 2. The molecule has 1 heterocycles. The Morgan fingerprint density at radius 1 is 1.04 bits per heavy atom. The molecule has 6 heteroatoms. The number of hydrogen-bond donors (Lipinski definition) is 3. The molecule has 152 valence electrons. The third-order valence-electron chi connectivity index (χ3n) is 4.54. The highest BCUT2D eigenvalue weighted by Crippen LogP contribution is 2.30. The number of carbonyl (C=O) groups is 2. The topological polar surface area (TPSA) is 104 Å². The summed E-state index contributed by atoms with van der Waals surface area (Å²) < 4.78 is 0. The Morgan fingerprint density at radius 2 is 1.59 bits per heavy atom. The molecule has 1 aliphatic rings. The first-order chi connectivity index (χ1) is 12.8. The molecule has 1 aromatic rings. The first-order valence-electron chi connectivity index (χ1n) is 9.84. The van der Waals surface area contributed by atoms with E-state index in [2.05, 4.69) is 43.0 Å². The molecule has 27 heavy (non-hydrogen) atoms. The average Bonchev–Trinajstić information content (AvgIpc) is 2.62. The van der Waals surface area contributed by atoms with E-state index < -0.39 is 11.9 Å². The van der Waals surface area contributed by atoms with E-state index in [9.17, 15) is 9.59 Å². The molecule has 1 unspecified atom stereocenters. The number of hydrogen-bond acceptors (Lipinski definition) is 4. The second kappa shape index (κ2) is 12.3. The molecule has 0 saturated carbocycles. The minimum atomic E-state index is -0.948. The number of benzene rings is 1. The molecule has 0 aromatic heterocycles. The smallest absolute Gasteiger partial charge is 0.303 e. The molecule has 0 amide bonds. The van der Waals surface area contributed by atoms with Gasteiger partial charge in [0.05, 0.1) is 0 Å². The van der Waals surface area contributed by atoms with Gasteiger partial charge in [0.1, 0.15) is 0 Å². The highest BCUT2D eigenvalue weighted by molar-refractivity contribution is 5.69. The number of rotatable bonds is 8. The predicted molar refractivity (Wildman–Crippen MR) is 108 cm³/mol. The molecule has 0 radical (unpaired) electrons. The van der Waals surface area contributed by atoms with E-state index in [1.54, 1.807) is 0 Å². The Labute approximate surface area is 162 Å². The van der Waals surface area contributed by atoms with Crippen molar-refractivity contribution in [3.8, 4) is 0 Å². The van der Waals surface area contributed by atoms with Crippen molar-refractivity contribution in [1.82, 2.24) is 0 Å². The van der Waals surface area contributed by atoms with Gasteiger partial charge in [-0.3, -0.25) is 9.59 Å². The molecule has 1 saturated heterocycles. The van der Waals surface area contributed by atoms with Crippen LogP contribution >= 0.6 is 0 Å². The highest BCUT2D eigenvalue weighted by Gasteiger charge is 2.18. The highest BCUT2D eigenvalue weighted by atomic mass is 16.4. The molecule has 2 rings (SSSR count). The first kappa shape index (κ1) is 23.0. The Kier molecular flexibility index (Phi) is 10.5. The van der Waals surface area contributed by atoms with Crippen molar-refractivity contribution >= 4 is 17.6 Å². The maximum Gasteiger partial charge on any atom is 0.303 e. The van der Waals surface area contributed by atoms with E-state index in [1.807, 2.05) is 0 Å². The number of aliphatic carboxylic acids is 2. The molecule has 0 bridgehead atoms. The van der Waals surface area contributed by atoms with E-state index in [1.165, 1.54) is 43.6 Å². The summed E-state index contributed by atoms with van der Waals surface area (Å²) in [6.07, 6.45) is 5.15. The van der Waals surface area contributed by atoms with Crippen LogP contribution in [0.2, 0.25) is 0 Å².